The minimum atomic E-state index is -1.97. The number of ether oxygens (including phenoxy) is 6. The number of carbonyl (C=O) groups is 1. The zero-order valence-corrected chi connectivity index (χ0v) is 62.8. The molecule has 3 heterocycles. The Balaban J connectivity index is 1.34. The number of nitrogens with one attached hydrogen (secondary N) is 1. The van der Waals surface area contributed by atoms with Gasteiger partial charge in [0.15, 0.2) is 18.9 Å². The van der Waals surface area contributed by atoms with E-state index >= 15 is 0 Å². The van der Waals surface area contributed by atoms with Gasteiger partial charge >= 0.3 is 0 Å². The van der Waals surface area contributed by atoms with Crippen molar-refractivity contribution in [2.45, 2.75) is 465 Å². The number of rotatable bonds is 67. The molecule has 0 spiro atoms. The van der Waals surface area contributed by atoms with Crippen LogP contribution in [-0.4, -0.2) is 193 Å². The molecule has 586 valence electrons. The summed E-state index contributed by atoms with van der Waals surface area (Å²) >= 11 is 0. The van der Waals surface area contributed by atoms with Gasteiger partial charge in [-0.1, -0.05) is 328 Å². The molecule has 0 saturated carbocycles. The number of aliphatic hydroxyl groups excluding tert-OH is 11. The number of hydrogen-bond acceptors (Lipinski definition) is 18. The average Bonchev–Trinajstić information content (AvgIpc) is 0.761. The molecule has 17 atom stereocenters. The van der Waals surface area contributed by atoms with Crippen molar-refractivity contribution in [2.75, 3.05) is 26.4 Å². The standard InChI is InChI=1S/C80H153NO18/c1-3-5-7-9-11-13-15-17-19-21-23-25-26-27-28-29-30-31-32-33-34-35-36-38-40-42-44-46-48-50-52-54-56-58-68(86)81-63(64(85)57-55-53-51-49-47-45-43-41-39-37-24-22-20-18-16-14-12-10-8-6-4-2)62-94-78-74(92)71(89)76(66(60-83)96-78)99-80-75(93)72(90)77(67(61-84)97-80)98-79-73(91)70(88)69(87)65(59-82)95-79/h21,23,63-67,69-80,82-85,87-93H,3-20,22,24-62H2,1-2H3,(H,81,86)/b23-21-. The van der Waals surface area contributed by atoms with Crippen molar-refractivity contribution in [3.8, 4) is 0 Å². The summed E-state index contributed by atoms with van der Waals surface area (Å²) in [6.07, 6.45) is 46.0. The van der Waals surface area contributed by atoms with Gasteiger partial charge in [-0.3, -0.25) is 4.79 Å². The van der Waals surface area contributed by atoms with Gasteiger partial charge in [-0.05, 0) is 38.5 Å². The first-order valence-electron chi connectivity index (χ1n) is 41.4. The Kier molecular flexibility index (Phi) is 57.1. The van der Waals surface area contributed by atoms with Crippen molar-refractivity contribution >= 4 is 5.91 Å². The van der Waals surface area contributed by atoms with Gasteiger partial charge in [0.05, 0.1) is 38.6 Å². The summed E-state index contributed by atoms with van der Waals surface area (Å²) in [5.74, 6) is -0.234. The van der Waals surface area contributed by atoms with E-state index in [0.29, 0.717) is 12.8 Å². The van der Waals surface area contributed by atoms with Crippen molar-refractivity contribution in [1.29, 1.82) is 0 Å². The maximum atomic E-state index is 13.5. The summed E-state index contributed by atoms with van der Waals surface area (Å²) in [5, 5.41) is 121. The minimum absolute atomic E-state index is 0.234. The highest BCUT2D eigenvalue weighted by Crippen LogP contribution is 2.33. The third-order valence-electron chi connectivity index (χ3n) is 21.1. The summed E-state index contributed by atoms with van der Waals surface area (Å²) in [6.45, 7) is 1.87. The number of hydrogen-bond donors (Lipinski definition) is 12. The molecule has 19 nitrogen and oxygen atoms in total. The highest BCUT2D eigenvalue weighted by molar-refractivity contribution is 5.76. The first kappa shape index (κ1) is 91.7. The Bertz CT molecular complexity index is 1840. The van der Waals surface area contributed by atoms with Crippen LogP contribution in [0.25, 0.3) is 0 Å². The van der Waals surface area contributed by atoms with Crippen LogP contribution in [0.5, 0.6) is 0 Å². The summed E-state index contributed by atoms with van der Waals surface area (Å²) in [5.41, 5.74) is 0. The van der Waals surface area contributed by atoms with Crippen LogP contribution in [0.15, 0.2) is 12.2 Å². The number of unbranched alkanes of at least 4 members (excludes halogenated alkanes) is 49. The van der Waals surface area contributed by atoms with Crippen LogP contribution in [0.3, 0.4) is 0 Å². The average molecular weight is 1420 g/mol. The van der Waals surface area contributed by atoms with Crippen LogP contribution < -0.4 is 5.32 Å². The van der Waals surface area contributed by atoms with Crippen LogP contribution in [0.4, 0.5) is 0 Å². The molecule has 3 aliphatic rings. The maximum Gasteiger partial charge on any atom is 0.220 e. The molecule has 99 heavy (non-hydrogen) atoms. The van der Waals surface area contributed by atoms with Gasteiger partial charge in [0.2, 0.25) is 5.91 Å². The lowest BCUT2D eigenvalue weighted by Gasteiger charge is -2.48. The van der Waals surface area contributed by atoms with E-state index in [-0.39, 0.29) is 18.9 Å². The number of amides is 1. The normalized spacial score (nSPS) is 26.6. The van der Waals surface area contributed by atoms with Gasteiger partial charge in [-0.15, -0.1) is 0 Å². The summed E-state index contributed by atoms with van der Waals surface area (Å²) < 4.78 is 34.5. The molecule has 3 aliphatic heterocycles. The molecule has 3 rings (SSSR count). The smallest absolute Gasteiger partial charge is 0.220 e. The number of carbonyl (C=O) groups excluding carboxylic acids is 1. The molecule has 3 saturated heterocycles. The zero-order chi connectivity index (χ0) is 71.8. The van der Waals surface area contributed by atoms with E-state index in [2.05, 4.69) is 31.3 Å². The fraction of sp³-hybridized carbons (Fsp3) is 0.963. The highest BCUT2D eigenvalue weighted by atomic mass is 16.8. The molecular formula is C80H153NO18. The van der Waals surface area contributed by atoms with Crippen molar-refractivity contribution in [3.05, 3.63) is 12.2 Å². The lowest BCUT2D eigenvalue weighted by molar-refractivity contribution is -0.379. The SMILES string of the molecule is CCCCCCCCCC/C=C\CCCCCCCCCCCCCCCCCCCCCCCC(=O)NC(COC1OC(CO)C(OC2OC(CO)C(OC3OC(CO)C(O)C(O)C3O)C(O)C2O)C(O)C1O)C(O)CCCCCCCCCCCCCCCCCCCCCCC. The van der Waals surface area contributed by atoms with Gasteiger partial charge in [0, 0.05) is 6.42 Å². The minimum Gasteiger partial charge on any atom is -0.394 e. The van der Waals surface area contributed by atoms with Crippen molar-refractivity contribution in [1.82, 2.24) is 5.32 Å². The second-order valence-corrected chi connectivity index (χ2v) is 29.9. The predicted molar refractivity (Wildman–Crippen MR) is 393 cm³/mol. The van der Waals surface area contributed by atoms with E-state index in [9.17, 15) is 61.0 Å². The van der Waals surface area contributed by atoms with E-state index < -0.39 is 124 Å². The molecule has 0 radical (unpaired) electrons. The lowest BCUT2D eigenvalue weighted by Crippen LogP contribution is -2.66. The van der Waals surface area contributed by atoms with E-state index in [1.807, 2.05) is 0 Å². The number of aliphatic hydroxyl groups is 11. The second kappa shape index (κ2) is 61.7. The van der Waals surface area contributed by atoms with E-state index in [4.69, 9.17) is 28.4 Å². The van der Waals surface area contributed by atoms with E-state index in [0.717, 1.165) is 44.9 Å². The van der Waals surface area contributed by atoms with Gasteiger partial charge in [-0.2, -0.15) is 0 Å². The molecule has 1 amide bonds. The maximum absolute atomic E-state index is 13.5. The largest absolute Gasteiger partial charge is 0.394 e. The number of allylic oxidation sites excluding steroid dienone is 2. The highest BCUT2D eigenvalue weighted by Gasteiger charge is 2.54. The lowest BCUT2D eigenvalue weighted by atomic mass is 9.96. The Morgan fingerprint density at radius 1 is 0.354 bits per heavy atom. The molecule has 3 fully saturated rings. The molecular weight excluding hydrogens is 1260 g/mol. The quantitative estimate of drug-likeness (QED) is 0.0199. The third kappa shape index (κ3) is 41.9. The first-order valence-corrected chi connectivity index (χ1v) is 41.4. The topological polar surface area (TPSA) is 307 Å². The molecule has 19 heteroatoms. The van der Waals surface area contributed by atoms with Crippen molar-refractivity contribution < 1.29 is 89.4 Å². The van der Waals surface area contributed by atoms with E-state index in [1.165, 1.54) is 283 Å². The van der Waals surface area contributed by atoms with Gasteiger partial charge < -0.3 is 89.9 Å². The molecule has 0 aromatic carbocycles. The Morgan fingerprint density at radius 3 is 0.980 bits per heavy atom. The van der Waals surface area contributed by atoms with Crippen LogP contribution in [0.2, 0.25) is 0 Å². The zero-order valence-electron chi connectivity index (χ0n) is 62.8. The third-order valence-corrected chi connectivity index (χ3v) is 21.1. The van der Waals surface area contributed by atoms with E-state index in [1.54, 1.807) is 0 Å². The predicted octanol–water partition coefficient (Wildman–Crippen LogP) is 14.0. The molecule has 12 N–H and O–H groups in total. The van der Waals surface area contributed by atoms with Crippen LogP contribution in [0, 0.1) is 0 Å². The molecule has 0 aromatic rings. The molecule has 0 aromatic heterocycles. The molecule has 0 bridgehead atoms. The van der Waals surface area contributed by atoms with Gasteiger partial charge in [0.25, 0.3) is 0 Å². The fourth-order valence-corrected chi connectivity index (χ4v) is 14.4. The molecule has 17 unspecified atom stereocenters. The van der Waals surface area contributed by atoms with Crippen LogP contribution in [-0.2, 0) is 33.2 Å². The van der Waals surface area contributed by atoms with Crippen LogP contribution >= 0.6 is 0 Å². The van der Waals surface area contributed by atoms with Gasteiger partial charge in [-0.25, -0.2) is 0 Å². The Hall–Kier alpha value is -1.47. The molecule has 0 aliphatic carbocycles. The summed E-state index contributed by atoms with van der Waals surface area (Å²) in [6, 6.07) is -0.885. The van der Waals surface area contributed by atoms with Gasteiger partial charge in [0.1, 0.15) is 73.2 Å². The first-order chi connectivity index (χ1) is 48.3. The van der Waals surface area contributed by atoms with Crippen molar-refractivity contribution in [3.63, 3.8) is 0 Å². The fourth-order valence-electron chi connectivity index (χ4n) is 14.4. The monoisotopic (exact) mass is 1420 g/mol. The second-order valence-electron chi connectivity index (χ2n) is 29.9. The Labute approximate surface area is 601 Å². The summed E-state index contributed by atoms with van der Waals surface area (Å²) in [7, 11) is 0. The van der Waals surface area contributed by atoms with Crippen LogP contribution in [0.1, 0.15) is 361 Å². The Morgan fingerprint density at radius 2 is 0.636 bits per heavy atom. The summed E-state index contributed by atoms with van der Waals surface area (Å²) in [4.78, 5) is 13.5. The van der Waals surface area contributed by atoms with Crippen molar-refractivity contribution in [2.24, 2.45) is 0 Å².